The molecule has 0 aliphatic carbocycles. The molecule has 2 heterocycles. The van der Waals surface area contributed by atoms with Crippen LogP contribution in [0.15, 0.2) is 24.3 Å². The Hall–Kier alpha value is -1.81. The zero-order valence-corrected chi connectivity index (χ0v) is 13.9. The van der Waals surface area contributed by atoms with Gasteiger partial charge in [-0.1, -0.05) is 12.1 Å². The average molecular weight is 298 g/mol. The molecule has 22 heavy (non-hydrogen) atoms. The predicted molar refractivity (Wildman–Crippen MR) is 95.0 cm³/mol. The van der Waals surface area contributed by atoms with Gasteiger partial charge < -0.3 is 15.1 Å². The van der Waals surface area contributed by atoms with E-state index in [1.807, 2.05) is 0 Å². The van der Waals surface area contributed by atoms with Gasteiger partial charge in [-0.3, -0.25) is 0 Å². The van der Waals surface area contributed by atoms with Gasteiger partial charge in [0.25, 0.3) is 0 Å². The lowest BCUT2D eigenvalue weighted by Crippen LogP contribution is -2.21. The average Bonchev–Trinajstić information content (AvgIpc) is 3.00. The van der Waals surface area contributed by atoms with Crippen LogP contribution in [-0.2, 0) is 0 Å². The number of anilines is 2. The molecule has 1 aliphatic heterocycles. The highest BCUT2D eigenvalue weighted by Crippen LogP contribution is 2.32. The number of aromatic nitrogens is 1. The van der Waals surface area contributed by atoms with Crippen molar-refractivity contribution in [2.45, 2.75) is 19.8 Å². The van der Waals surface area contributed by atoms with Crippen LogP contribution in [0.25, 0.3) is 10.8 Å². The molecule has 3 rings (SSSR count). The fourth-order valence-corrected chi connectivity index (χ4v) is 3.12. The lowest BCUT2D eigenvalue weighted by Gasteiger charge is -2.21. The monoisotopic (exact) mass is 298 g/mol. The first-order valence-corrected chi connectivity index (χ1v) is 8.19. The van der Waals surface area contributed by atoms with E-state index in [1.54, 1.807) is 0 Å². The highest BCUT2D eigenvalue weighted by Gasteiger charge is 2.17. The molecular formula is C18H26N4. The second-order valence-corrected chi connectivity index (χ2v) is 6.41. The Balaban J connectivity index is 1.96. The summed E-state index contributed by atoms with van der Waals surface area (Å²) in [6, 6.07) is 8.71. The molecule has 1 N–H and O–H groups in total. The summed E-state index contributed by atoms with van der Waals surface area (Å²) >= 11 is 0. The number of likely N-dealkylation sites (N-methyl/N-ethyl adjacent to an activating group) is 1. The lowest BCUT2D eigenvalue weighted by atomic mass is 10.1. The van der Waals surface area contributed by atoms with Gasteiger partial charge in [-0.25, -0.2) is 4.98 Å². The highest BCUT2D eigenvalue weighted by molar-refractivity contribution is 6.00. The molecule has 1 aromatic heterocycles. The first kappa shape index (κ1) is 15.1. The van der Waals surface area contributed by atoms with Gasteiger partial charge in [0.1, 0.15) is 5.82 Å². The van der Waals surface area contributed by atoms with Crippen molar-refractivity contribution in [3.63, 3.8) is 0 Å². The van der Waals surface area contributed by atoms with Gasteiger partial charge in [0.2, 0.25) is 0 Å². The topological polar surface area (TPSA) is 31.4 Å². The van der Waals surface area contributed by atoms with E-state index in [2.05, 4.69) is 60.4 Å². The first-order valence-electron chi connectivity index (χ1n) is 8.19. The summed E-state index contributed by atoms with van der Waals surface area (Å²) in [5.74, 6) is 1.16. The Morgan fingerprint density at radius 3 is 2.68 bits per heavy atom. The van der Waals surface area contributed by atoms with Crippen molar-refractivity contribution in [2.24, 2.45) is 0 Å². The fraction of sp³-hybridized carbons (Fsp3) is 0.500. The summed E-state index contributed by atoms with van der Waals surface area (Å²) in [7, 11) is 4.20. The van der Waals surface area contributed by atoms with E-state index < -0.39 is 0 Å². The molecule has 4 nitrogen and oxygen atoms in total. The molecule has 1 aliphatic rings. The van der Waals surface area contributed by atoms with Crippen LogP contribution in [-0.4, -0.2) is 50.2 Å². The minimum absolute atomic E-state index is 0.951. The zero-order valence-electron chi connectivity index (χ0n) is 13.9. The summed E-state index contributed by atoms with van der Waals surface area (Å²) < 4.78 is 0. The third-order valence-electron chi connectivity index (χ3n) is 4.26. The van der Waals surface area contributed by atoms with Gasteiger partial charge in [0, 0.05) is 48.3 Å². The second-order valence-electron chi connectivity index (χ2n) is 6.41. The molecular weight excluding hydrogens is 272 g/mol. The van der Waals surface area contributed by atoms with E-state index in [9.17, 15) is 0 Å². The molecule has 1 saturated heterocycles. The number of hydrogen-bond donors (Lipinski definition) is 1. The fourth-order valence-electron chi connectivity index (χ4n) is 3.12. The van der Waals surface area contributed by atoms with Crippen LogP contribution in [0.1, 0.15) is 18.5 Å². The third-order valence-corrected chi connectivity index (χ3v) is 4.26. The molecule has 0 unspecified atom stereocenters. The van der Waals surface area contributed by atoms with Gasteiger partial charge in [-0.15, -0.1) is 0 Å². The van der Waals surface area contributed by atoms with E-state index in [4.69, 9.17) is 4.98 Å². The van der Waals surface area contributed by atoms with Crippen LogP contribution in [0.3, 0.4) is 0 Å². The number of benzene rings is 1. The number of hydrogen-bond acceptors (Lipinski definition) is 4. The Morgan fingerprint density at radius 2 is 1.95 bits per heavy atom. The summed E-state index contributed by atoms with van der Waals surface area (Å²) in [4.78, 5) is 9.45. The highest BCUT2D eigenvalue weighted by atomic mass is 15.2. The molecule has 2 aromatic rings. The van der Waals surface area contributed by atoms with Gasteiger partial charge in [0.15, 0.2) is 0 Å². The number of nitrogens with one attached hydrogen (secondary N) is 1. The Morgan fingerprint density at radius 1 is 1.18 bits per heavy atom. The van der Waals surface area contributed by atoms with Crippen molar-refractivity contribution in [1.82, 2.24) is 9.88 Å². The molecule has 0 spiro atoms. The zero-order chi connectivity index (χ0) is 15.5. The molecule has 0 bridgehead atoms. The van der Waals surface area contributed by atoms with Gasteiger partial charge >= 0.3 is 0 Å². The third kappa shape index (κ3) is 3.17. The Bertz CT molecular complexity index is 645. The molecule has 4 heteroatoms. The standard InChI is InChI=1S/C18H26N4/c1-14-13-16-15(18(20-14)22-10-4-5-11-22)7-6-8-17(16)19-9-12-21(2)3/h6-8,13,19H,4-5,9-12H2,1-3H3. The first-order chi connectivity index (χ1) is 10.6. The second kappa shape index (κ2) is 6.53. The largest absolute Gasteiger partial charge is 0.383 e. The molecule has 118 valence electrons. The van der Waals surface area contributed by atoms with E-state index in [-0.39, 0.29) is 0 Å². The van der Waals surface area contributed by atoms with Crippen molar-refractivity contribution >= 4 is 22.3 Å². The smallest absolute Gasteiger partial charge is 0.136 e. The maximum Gasteiger partial charge on any atom is 0.136 e. The maximum absolute atomic E-state index is 4.82. The lowest BCUT2D eigenvalue weighted by molar-refractivity contribution is 0.425. The molecule has 1 fully saturated rings. The van der Waals surface area contributed by atoms with E-state index >= 15 is 0 Å². The molecule has 0 amide bonds. The van der Waals surface area contributed by atoms with E-state index in [0.29, 0.717) is 0 Å². The van der Waals surface area contributed by atoms with Crippen molar-refractivity contribution in [3.05, 3.63) is 30.0 Å². The van der Waals surface area contributed by atoms with Crippen LogP contribution in [0, 0.1) is 6.92 Å². The van der Waals surface area contributed by atoms with Crippen molar-refractivity contribution in [1.29, 1.82) is 0 Å². The minimum atomic E-state index is 0.951. The van der Waals surface area contributed by atoms with Gasteiger partial charge in [-0.05, 0) is 46.0 Å². The van der Waals surface area contributed by atoms with Crippen molar-refractivity contribution < 1.29 is 0 Å². The molecule has 0 radical (unpaired) electrons. The SMILES string of the molecule is Cc1cc2c(NCCN(C)C)cccc2c(N2CCCC2)n1. The summed E-state index contributed by atoms with van der Waals surface area (Å²) in [6.45, 7) is 6.33. The Kier molecular flexibility index (Phi) is 4.48. The summed E-state index contributed by atoms with van der Waals surface area (Å²) in [6.07, 6.45) is 2.55. The molecule has 0 atom stereocenters. The minimum Gasteiger partial charge on any atom is -0.383 e. The van der Waals surface area contributed by atoms with Gasteiger partial charge in [0.05, 0.1) is 0 Å². The van der Waals surface area contributed by atoms with Crippen LogP contribution in [0.2, 0.25) is 0 Å². The number of aryl methyl sites for hydroxylation is 1. The summed E-state index contributed by atoms with van der Waals surface area (Å²) in [5, 5.41) is 6.13. The van der Waals surface area contributed by atoms with Gasteiger partial charge in [-0.2, -0.15) is 0 Å². The van der Waals surface area contributed by atoms with Crippen LogP contribution in [0.5, 0.6) is 0 Å². The van der Waals surface area contributed by atoms with E-state index in [1.165, 1.54) is 29.3 Å². The number of rotatable bonds is 5. The number of fused-ring (bicyclic) bond motifs is 1. The summed E-state index contributed by atoms with van der Waals surface area (Å²) in [5.41, 5.74) is 2.31. The van der Waals surface area contributed by atoms with E-state index in [0.717, 1.165) is 37.7 Å². The van der Waals surface area contributed by atoms with Crippen LogP contribution in [0.4, 0.5) is 11.5 Å². The Labute approximate surface area is 133 Å². The molecule has 0 saturated carbocycles. The normalized spacial score (nSPS) is 15.0. The van der Waals surface area contributed by atoms with Crippen LogP contribution < -0.4 is 10.2 Å². The number of nitrogens with zero attached hydrogens (tertiary/aromatic N) is 3. The van der Waals surface area contributed by atoms with Crippen molar-refractivity contribution in [3.8, 4) is 0 Å². The molecule has 1 aromatic carbocycles. The number of pyridine rings is 1. The van der Waals surface area contributed by atoms with Crippen LogP contribution >= 0.6 is 0 Å². The quantitative estimate of drug-likeness (QED) is 0.919. The van der Waals surface area contributed by atoms with Crippen molar-refractivity contribution in [2.75, 3.05) is 50.5 Å². The maximum atomic E-state index is 4.82. The predicted octanol–water partition coefficient (Wildman–Crippen LogP) is 3.12.